The van der Waals surface area contributed by atoms with Crippen LogP contribution in [-0.2, 0) is 19.1 Å². The number of amides is 3. The predicted molar refractivity (Wildman–Crippen MR) is 165 cm³/mol. The zero-order valence-corrected chi connectivity index (χ0v) is 25.1. The topological polar surface area (TPSA) is 92.8 Å². The Morgan fingerprint density at radius 3 is 1.88 bits per heavy atom. The van der Waals surface area contributed by atoms with Gasteiger partial charge in [0.15, 0.2) is 6.61 Å². The van der Waals surface area contributed by atoms with Crippen molar-refractivity contribution in [2.24, 2.45) is 11.8 Å². The summed E-state index contributed by atoms with van der Waals surface area (Å²) in [5.74, 6) is -3.20. The van der Waals surface area contributed by atoms with Gasteiger partial charge in [-0.05, 0) is 77.6 Å². The minimum absolute atomic E-state index is 0.144. The van der Waals surface area contributed by atoms with Crippen molar-refractivity contribution in [1.82, 2.24) is 0 Å². The van der Waals surface area contributed by atoms with Gasteiger partial charge in [-0.15, -0.1) is 0 Å². The fourth-order valence-corrected chi connectivity index (χ4v) is 7.46. The second-order valence-corrected chi connectivity index (χ2v) is 12.2. The first-order chi connectivity index (χ1) is 20.8. The number of anilines is 2. The molecule has 1 N–H and O–H groups in total. The number of ether oxygens (including phenoxy) is 1. The third-order valence-corrected chi connectivity index (χ3v) is 9.98. The van der Waals surface area contributed by atoms with Gasteiger partial charge in [0.05, 0.1) is 23.1 Å². The van der Waals surface area contributed by atoms with E-state index in [9.17, 15) is 19.2 Å². The zero-order valence-electron chi connectivity index (χ0n) is 23.5. The van der Waals surface area contributed by atoms with Gasteiger partial charge in [-0.3, -0.25) is 14.4 Å². The Labute approximate surface area is 257 Å². The molecule has 3 aliphatic carbocycles. The lowest BCUT2D eigenvalue weighted by Crippen LogP contribution is -2.41. The summed E-state index contributed by atoms with van der Waals surface area (Å²) in [6.45, 7) is 3.35. The minimum Gasteiger partial charge on any atom is -0.452 e. The Balaban J connectivity index is 1.12. The lowest BCUT2D eigenvalue weighted by Gasteiger charge is -2.45. The van der Waals surface area contributed by atoms with Crippen molar-refractivity contribution in [3.8, 4) is 0 Å². The van der Waals surface area contributed by atoms with Crippen LogP contribution in [0.15, 0.2) is 89.4 Å². The lowest BCUT2D eigenvalue weighted by atomic mass is 9.55. The monoisotopic (exact) mass is 634 g/mol. The van der Waals surface area contributed by atoms with Gasteiger partial charge in [0.25, 0.3) is 5.91 Å². The molecule has 7 nitrogen and oxygen atoms in total. The molecular formula is C35H27BrN2O5. The van der Waals surface area contributed by atoms with Crippen LogP contribution in [0.3, 0.4) is 0 Å². The van der Waals surface area contributed by atoms with Gasteiger partial charge in [0.1, 0.15) is 0 Å². The first-order valence-corrected chi connectivity index (χ1v) is 14.9. The molecule has 0 spiro atoms. The highest BCUT2D eigenvalue weighted by Gasteiger charge is 2.61. The Morgan fingerprint density at radius 2 is 1.33 bits per heavy atom. The minimum atomic E-state index is -0.725. The average molecular weight is 636 g/mol. The molecule has 8 rings (SSSR count). The van der Waals surface area contributed by atoms with Crippen LogP contribution in [0.5, 0.6) is 0 Å². The number of nitrogens with one attached hydrogen (secondary N) is 1. The number of nitrogens with zero attached hydrogens (tertiary/aromatic N) is 1. The van der Waals surface area contributed by atoms with Crippen LogP contribution in [0.4, 0.5) is 11.4 Å². The van der Waals surface area contributed by atoms with E-state index in [0.29, 0.717) is 11.4 Å². The lowest BCUT2D eigenvalue weighted by molar-refractivity contribution is -0.122. The fraction of sp³-hybridized carbons (Fsp3) is 0.200. The highest BCUT2D eigenvalue weighted by Crippen LogP contribution is 2.61. The summed E-state index contributed by atoms with van der Waals surface area (Å²) in [7, 11) is 0. The van der Waals surface area contributed by atoms with Crippen LogP contribution in [0.1, 0.15) is 55.6 Å². The van der Waals surface area contributed by atoms with Crippen LogP contribution < -0.4 is 10.2 Å². The van der Waals surface area contributed by atoms with Crippen molar-refractivity contribution in [3.05, 3.63) is 128 Å². The van der Waals surface area contributed by atoms with Crippen molar-refractivity contribution < 1.29 is 23.9 Å². The first-order valence-electron chi connectivity index (χ1n) is 14.1. The molecule has 1 aliphatic heterocycles. The first kappa shape index (κ1) is 27.3. The van der Waals surface area contributed by atoms with E-state index in [2.05, 4.69) is 45.5 Å². The van der Waals surface area contributed by atoms with Gasteiger partial charge in [0.2, 0.25) is 11.8 Å². The van der Waals surface area contributed by atoms with Gasteiger partial charge >= 0.3 is 5.97 Å². The number of carbonyl (C=O) groups excluding carboxylic acids is 4. The smallest absolute Gasteiger partial charge is 0.338 e. The molecule has 4 aliphatic rings. The van der Waals surface area contributed by atoms with E-state index in [0.717, 1.165) is 37.9 Å². The van der Waals surface area contributed by atoms with Crippen LogP contribution >= 0.6 is 15.9 Å². The second kappa shape index (κ2) is 10.3. The normalized spacial score (nSPS) is 21.2. The molecule has 43 heavy (non-hydrogen) atoms. The Morgan fingerprint density at radius 1 is 0.767 bits per heavy atom. The van der Waals surface area contributed by atoms with E-state index in [1.165, 1.54) is 11.0 Å². The van der Waals surface area contributed by atoms with Crippen molar-refractivity contribution in [3.63, 3.8) is 0 Å². The van der Waals surface area contributed by atoms with Crippen molar-refractivity contribution >= 4 is 51.0 Å². The average Bonchev–Trinajstić information content (AvgIpc) is 3.30. The van der Waals surface area contributed by atoms with E-state index in [4.69, 9.17) is 4.74 Å². The van der Waals surface area contributed by atoms with E-state index in [1.54, 1.807) is 24.3 Å². The van der Waals surface area contributed by atoms with Gasteiger partial charge in [-0.1, -0.05) is 70.5 Å². The summed E-state index contributed by atoms with van der Waals surface area (Å²) >= 11 is 3.47. The molecule has 0 saturated carbocycles. The molecule has 2 atom stereocenters. The molecule has 8 heteroatoms. The summed E-state index contributed by atoms with van der Waals surface area (Å²) < 4.78 is 6.24. The SMILES string of the molecule is Cc1c(Br)ccc(NC(=O)COC(=O)c2cccc(N3C(=O)[C@@H]4C5c6ccccc6C(c6ccccc65)[C@@H]4C3=O)c2)c1C. The molecule has 3 amide bonds. The Hall–Kier alpha value is -4.56. The Bertz CT molecular complexity index is 1750. The molecule has 1 saturated heterocycles. The predicted octanol–water partition coefficient (Wildman–Crippen LogP) is 6.26. The van der Waals surface area contributed by atoms with E-state index >= 15 is 0 Å². The summed E-state index contributed by atoms with van der Waals surface area (Å²) in [5.41, 5.74) is 7.38. The third-order valence-electron chi connectivity index (χ3n) is 9.12. The highest BCUT2D eigenvalue weighted by atomic mass is 79.9. The number of hydrogen-bond donors (Lipinski definition) is 1. The van der Waals surface area contributed by atoms with Gasteiger partial charge in [0, 0.05) is 22.0 Å². The molecule has 1 heterocycles. The maximum atomic E-state index is 14.0. The molecule has 0 aromatic heterocycles. The van der Waals surface area contributed by atoms with Gasteiger partial charge < -0.3 is 10.1 Å². The molecule has 0 unspecified atom stereocenters. The molecular weight excluding hydrogens is 608 g/mol. The highest BCUT2D eigenvalue weighted by molar-refractivity contribution is 9.10. The largest absolute Gasteiger partial charge is 0.452 e. The summed E-state index contributed by atoms with van der Waals surface area (Å²) in [6.07, 6.45) is 0. The van der Waals surface area contributed by atoms with Crippen LogP contribution in [0.25, 0.3) is 0 Å². The molecule has 4 aromatic rings. The molecule has 214 valence electrons. The number of benzene rings is 4. The molecule has 1 fully saturated rings. The van der Waals surface area contributed by atoms with Crippen molar-refractivity contribution in [2.75, 3.05) is 16.8 Å². The van der Waals surface area contributed by atoms with Crippen LogP contribution in [-0.4, -0.2) is 30.3 Å². The number of esters is 1. The second-order valence-electron chi connectivity index (χ2n) is 11.3. The number of hydrogen-bond acceptors (Lipinski definition) is 5. The molecule has 4 aromatic carbocycles. The van der Waals surface area contributed by atoms with Crippen LogP contribution in [0.2, 0.25) is 0 Å². The third kappa shape index (κ3) is 4.23. The summed E-state index contributed by atoms with van der Waals surface area (Å²) in [4.78, 5) is 54.8. The van der Waals surface area contributed by atoms with Crippen molar-refractivity contribution in [2.45, 2.75) is 25.7 Å². The van der Waals surface area contributed by atoms with E-state index in [-0.39, 0.29) is 29.2 Å². The zero-order chi connectivity index (χ0) is 30.0. The van der Waals surface area contributed by atoms with Crippen LogP contribution in [0, 0.1) is 25.7 Å². The quantitative estimate of drug-likeness (QED) is 0.207. The number of rotatable bonds is 5. The van der Waals surface area contributed by atoms with E-state index < -0.39 is 30.3 Å². The van der Waals surface area contributed by atoms with Gasteiger partial charge in [-0.2, -0.15) is 0 Å². The maximum absolute atomic E-state index is 14.0. The van der Waals surface area contributed by atoms with Gasteiger partial charge in [-0.25, -0.2) is 9.69 Å². The van der Waals surface area contributed by atoms with E-state index in [1.807, 2.05) is 44.2 Å². The molecule has 2 bridgehead atoms. The number of imide groups is 1. The summed E-state index contributed by atoms with van der Waals surface area (Å²) in [5, 5.41) is 2.78. The molecule has 0 radical (unpaired) electrons. The fourth-order valence-electron chi connectivity index (χ4n) is 7.03. The Kier molecular flexibility index (Phi) is 6.54. The van der Waals surface area contributed by atoms with Crippen molar-refractivity contribution in [1.29, 1.82) is 0 Å². The number of halogens is 1. The number of carbonyl (C=O) groups is 4. The standard InChI is InChI=1S/C35H27BrN2O5/c1-18-19(2)27(15-14-26(18)36)37-28(39)17-43-35(42)20-8-7-9-21(16-20)38-33(40)31-29-22-10-3-4-11-23(22)30(32(31)34(38)41)25-13-6-5-12-24(25)29/h3-16,29-32H,17H2,1-2H3,(H,37,39)/t29?,30?,31-,32+. The summed E-state index contributed by atoms with van der Waals surface area (Å²) in [6, 6.07) is 26.1. The maximum Gasteiger partial charge on any atom is 0.338 e.